The minimum Gasteiger partial charge on any atom is -0.494 e. The summed E-state index contributed by atoms with van der Waals surface area (Å²) in [5.41, 5.74) is 1.24. The number of hydrogen-bond donors (Lipinski definition) is 2. The Morgan fingerprint density at radius 2 is 2.03 bits per heavy atom. The molecule has 1 aromatic carbocycles. The molecule has 2 heterocycles. The van der Waals surface area contributed by atoms with Gasteiger partial charge in [0.25, 0.3) is 0 Å². The van der Waals surface area contributed by atoms with Crippen LogP contribution in [0.4, 0.5) is 0 Å². The first kappa shape index (κ1) is 23.5. The molecule has 1 atom stereocenters. The summed E-state index contributed by atoms with van der Waals surface area (Å²) in [7, 11) is 0. The van der Waals surface area contributed by atoms with E-state index in [-0.39, 0.29) is 30.1 Å². The second-order valence-electron chi connectivity index (χ2n) is 6.84. The maximum Gasteiger partial charge on any atom is 0.191 e. The Balaban J connectivity index is 0.00000300. The quantitative estimate of drug-likeness (QED) is 0.288. The zero-order chi connectivity index (χ0) is 19.4. The van der Waals surface area contributed by atoms with Crippen molar-refractivity contribution in [3.05, 3.63) is 54.0 Å². The summed E-state index contributed by atoms with van der Waals surface area (Å²) < 4.78 is 16.7. The van der Waals surface area contributed by atoms with Crippen molar-refractivity contribution >= 4 is 29.9 Å². The molecule has 2 aromatic rings. The van der Waals surface area contributed by atoms with Gasteiger partial charge in [-0.25, -0.2) is 0 Å². The van der Waals surface area contributed by atoms with Crippen LogP contribution in [0.5, 0.6) is 5.75 Å². The fourth-order valence-electron chi connectivity index (χ4n) is 3.20. The Kier molecular flexibility index (Phi) is 10.9. The molecule has 0 spiro atoms. The summed E-state index contributed by atoms with van der Waals surface area (Å²) in [6.45, 7) is 5.79. The van der Waals surface area contributed by atoms with Crippen molar-refractivity contribution < 1.29 is 13.9 Å². The van der Waals surface area contributed by atoms with Gasteiger partial charge in [0.15, 0.2) is 5.96 Å². The fraction of sp³-hybridized carbons (Fsp3) is 0.500. The molecule has 1 aromatic heterocycles. The molecule has 2 N–H and O–H groups in total. The zero-order valence-corrected chi connectivity index (χ0v) is 19.4. The van der Waals surface area contributed by atoms with Crippen LogP contribution >= 0.6 is 24.0 Å². The van der Waals surface area contributed by atoms with Gasteiger partial charge in [-0.2, -0.15) is 0 Å². The van der Waals surface area contributed by atoms with Crippen molar-refractivity contribution in [1.29, 1.82) is 0 Å². The molecule has 1 aliphatic heterocycles. The van der Waals surface area contributed by atoms with E-state index in [1.165, 1.54) is 5.56 Å². The topological polar surface area (TPSA) is 68.0 Å². The van der Waals surface area contributed by atoms with Gasteiger partial charge < -0.3 is 24.5 Å². The number of nitrogens with one attached hydrogen (secondary N) is 2. The summed E-state index contributed by atoms with van der Waals surface area (Å²) in [5.74, 6) is 2.71. The number of halogens is 1. The van der Waals surface area contributed by atoms with Crippen LogP contribution in [0.25, 0.3) is 0 Å². The molecular formula is C22H32IN3O3. The van der Waals surface area contributed by atoms with E-state index in [2.05, 4.69) is 22.8 Å². The molecule has 0 amide bonds. The molecule has 1 unspecified atom stereocenters. The van der Waals surface area contributed by atoms with Gasteiger partial charge in [0.05, 0.1) is 25.5 Å². The maximum atomic E-state index is 5.69. The highest BCUT2D eigenvalue weighted by Crippen LogP contribution is 2.13. The molecule has 1 saturated heterocycles. The van der Waals surface area contributed by atoms with Gasteiger partial charge in [-0.05, 0) is 56.0 Å². The molecule has 0 bridgehead atoms. The van der Waals surface area contributed by atoms with E-state index in [0.29, 0.717) is 13.2 Å². The van der Waals surface area contributed by atoms with Crippen LogP contribution in [0.3, 0.4) is 0 Å². The maximum absolute atomic E-state index is 5.69. The van der Waals surface area contributed by atoms with Crippen LogP contribution in [0.15, 0.2) is 52.1 Å². The Hall–Kier alpha value is -1.74. The van der Waals surface area contributed by atoms with E-state index in [0.717, 1.165) is 62.8 Å². The van der Waals surface area contributed by atoms with E-state index in [1.54, 1.807) is 6.26 Å². The third kappa shape index (κ3) is 8.65. The Bertz CT molecular complexity index is 716. The summed E-state index contributed by atoms with van der Waals surface area (Å²) in [6, 6.07) is 12.1. The molecule has 160 valence electrons. The molecular weight excluding hydrogens is 481 g/mol. The predicted octanol–water partition coefficient (Wildman–Crippen LogP) is 3.80. The lowest BCUT2D eigenvalue weighted by Crippen LogP contribution is -2.40. The standard InChI is InChI=1S/C22H31N3O3.HI/c1-2-26-20-7-3-6-18(16-20)10-12-23-22(25-17-21-9-5-15-28-21)24-13-11-19-8-4-14-27-19;/h3-4,6-8,14,16,21H,2,5,9-13,15,17H2,1H3,(H2,23,24,25);1H. The Morgan fingerprint density at radius 1 is 1.17 bits per heavy atom. The third-order valence-electron chi connectivity index (χ3n) is 4.64. The van der Waals surface area contributed by atoms with E-state index >= 15 is 0 Å². The second-order valence-corrected chi connectivity index (χ2v) is 6.84. The predicted molar refractivity (Wildman–Crippen MR) is 126 cm³/mol. The lowest BCUT2D eigenvalue weighted by Gasteiger charge is -2.14. The number of guanidine groups is 1. The molecule has 0 saturated carbocycles. The van der Waals surface area contributed by atoms with Crippen molar-refractivity contribution in [2.45, 2.75) is 38.7 Å². The van der Waals surface area contributed by atoms with Crippen molar-refractivity contribution in [3.8, 4) is 5.75 Å². The average molecular weight is 513 g/mol. The number of ether oxygens (including phenoxy) is 2. The fourth-order valence-corrected chi connectivity index (χ4v) is 3.20. The van der Waals surface area contributed by atoms with Crippen molar-refractivity contribution in [2.24, 2.45) is 4.99 Å². The van der Waals surface area contributed by atoms with Crippen LogP contribution in [0.2, 0.25) is 0 Å². The van der Waals surface area contributed by atoms with Gasteiger partial charge in [0, 0.05) is 26.1 Å². The molecule has 0 aliphatic carbocycles. The van der Waals surface area contributed by atoms with E-state index in [1.807, 2.05) is 31.2 Å². The van der Waals surface area contributed by atoms with Crippen LogP contribution < -0.4 is 15.4 Å². The normalized spacial score (nSPS) is 16.3. The molecule has 1 fully saturated rings. The van der Waals surface area contributed by atoms with Gasteiger partial charge >= 0.3 is 0 Å². The number of furan rings is 1. The van der Waals surface area contributed by atoms with Crippen molar-refractivity contribution in [2.75, 3.05) is 32.8 Å². The molecule has 7 heteroatoms. The number of hydrogen-bond acceptors (Lipinski definition) is 4. The van der Waals surface area contributed by atoms with E-state index in [4.69, 9.17) is 18.9 Å². The lowest BCUT2D eigenvalue weighted by molar-refractivity contribution is 0.117. The van der Waals surface area contributed by atoms with Crippen molar-refractivity contribution in [1.82, 2.24) is 10.6 Å². The second kappa shape index (κ2) is 13.5. The van der Waals surface area contributed by atoms with Gasteiger partial charge in [0.1, 0.15) is 11.5 Å². The lowest BCUT2D eigenvalue weighted by atomic mass is 10.1. The van der Waals surface area contributed by atoms with E-state index in [9.17, 15) is 0 Å². The molecule has 3 rings (SSSR count). The van der Waals surface area contributed by atoms with Crippen LogP contribution in [0.1, 0.15) is 31.1 Å². The van der Waals surface area contributed by atoms with Crippen molar-refractivity contribution in [3.63, 3.8) is 0 Å². The minimum atomic E-state index is 0. The number of rotatable bonds is 10. The number of benzene rings is 1. The van der Waals surface area contributed by atoms with Crippen LogP contribution in [-0.2, 0) is 17.6 Å². The molecule has 6 nitrogen and oxygen atoms in total. The number of aliphatic imine (C=N–C) groups is 1. The average Bonchev–Trinajstić information content (AvgIpc) is 3.40. The molecule has 29 heavy (non-hydrogen) atoms. The summed E-state index contributed by atoms with van der Waals surface area (Å²) in [5, 5.41) is 6.83. The first-order valence-electron chi connectivity index (χ1n) is 10.2. The van der Waals surface area contributed by atoms with Crippen LogP contribution in [-0.4, -0.2) is 44.9 Å². The summed E-state index contributed by atoms with van der Waals surface area (Å²) in [4.78, 5) is 4.72. The first-order chi connectivity index (χ1) is 13.8. The molecule has 1 aliphatic rings. The van der Waals surface area contributed by atoms with Gasteiger partial charge in [0.2, 0.25) is 0 Å². The van der Waals surface area contributed by atoms with Gasteiger partial charge in [-0.1, -0.05) is 12.1 Å². The smallest absolute Gasteiger partial charge is 0.191 e. The Labute approximate surface area is 190 Å². The van der Waals surface area contributed by atoms with E-state index < -0.39 is 0 Å². The highest BCUT2D eigenvalue weighted by molar-refractivity contribution is 14.0. The van der Waals surface area contributed by atoms with Crippen LogP contribution in [0, 0.1) is 0 Å². The van der Waals surface area contributed by atoms with Gasteiger partial charge in [-0.3, -0.25) is 4.99 Å². The number of nitrogens with zero attached hydrogens (tertiary/aromatic N) is 1. The third-order valence-corrected chi connectivity index (χ3v) is 4.64. The van der Waals surface area contributed by atoms with Gasteiger partial charge in [-0.15, -0.1) is 24.0 Å². The first-order valence-corrected chi connectivity index (χ1v) is 10.2. The zero-order valence-electron chi connectivity index (χ0n) is 17.1. The minimum absolute atomic E-state index is 0. The Morgan fingerprint density at radius 3 is 2.76 bits per heavy atom. The highest BCUT2D eigenvalue weighted by Gasteiger charge is 2.15. The molecule has 0 radical (unpaired) electrons. The summed E-state index contributed by atoms with van der Waals surface area (Å²) in [6.07, 6.45) is 5.89. The monoisotopic (exact) mass is 513 g/mol. The largest absolute Gasteiger partial charge is 0.494 e. The summed E-state index contributed by atoms with van der Waals surface area (Å²) >= 11 is 0. The SMILES string of the molecule is CCOc1cccc(CCNC(=NCC2CCCO2)NCCc2ccco2)c1.I. The highest BCUT2D eigenvalue weighted by atomic mass is 127.